The van der Waals surface area contributed by atoms with Gasteiger partial charge in [-0.1, -0.05) is 12.1 Å². The van der Waals surface area contributed by atoms with E-state index < -0.39 is 6.04 Å². The Labute approximate surface area is 151 Å². The van der Waals surface area contributed by atoms with Crippen molar-refractivity contribution in [3.63, 3.8) is 0 Å². The topological polar surface area (TPSA) is 65.5 Å². The molecule has 1 unspecified atom stereocenters. The molecule has 2 amide bonds. The number of carbonyl (C=O) groups is 2. The molecule has 1 aliphatic heterocycles. The molecular weight excluding hydrogens is 336 g/mol. The molecule has 0 bridgehead atoms. The average Bonchev–Trinajstić information content (AvgIpc) is 3.17. The highest BCUT2D eigenvalue weighted by Gasteiger charge is 2.26. The van der Waals surface area contributed by atoms with Crippen LogP contribution in [0, 0.1) is 0 Å². The molecule has 3 heterocycles. The molecule has 0 aromatic carbocycles. The zero-order chi connectivity index (χ0) is 17.6. The molecule has 25 heavy (non-hydrogen) atoms. The summed E-state index contributed by atoms with van der Waals surface area (Å²) in [5.41, 5.74) is 1.04. The predicted octanol–water partition coefficient (Wildman–Crippen LogP) is 1.61. The standard InChI is InChI=1S/C18H22N4O2S/c1-14(20-17(23)16-6-4-12-25-16)18(24)22-10-8-21(9-11-22)13-15-5-2-3-7-19-15/h2-7,12,14H,8-11,13H2,1H3,(H,20,23). The van der Waals surface area contributed by atoms with Gasteiger partial charge in [0.15, 0.2) is 0 Å². The molecule has 1 aliphatic rings. The normalized spacial score (nSPS) is 16.4. The number of amides is 2. The Balaban J connectivity index is 1.47. The monoisotopic (exact) mass is 358 g/mol. The van der Waals surface area contributed by atoms with Crippen LogP contribution in [-0.4, -0.2) is 58.8 Å². The fraction of sp³-hybridized carbons (Fsp3) is 0.389. The lowest BCUT2D eigenvalue weighted by molar-refractivity contribution is -0.134. The number of aromatic nitrogens is 1. The average molecular weight is 358 g/mol. The van der Waals surface area contributed by atoms with Gasteiger partial charge in [-0.2, -0.15) is 0 Å². The summed E-state index contributed by atoms with van der Waals surface area (Å²) in [4.78, 5) is 33.7. The number of hydrogen-bond acceptors (Lipinski definition) is 5. The molecule has 3 rings (SSSR count). The third-order valence-electron chi connectivity index (χ3n) is 4.26. The highest BCUT2D eigenvalue weighted by Crippen LogP contribution is 2.10. The molecule has 1 N–H and O–H groups in total. The lowest BCUT2D eigenvalue weighted by Gasteiger charge is -2.35. The maximum absolute atomic E-state index is 12.6. The quantitative estimate of drug-likeness (QED) is 0.882. The highest BCUT2D eigenvalue weighted by atomic mass is 32.1. The molecular formula is C18H22N4O2S. The third-order valence-corrected chi connectivity index (χ3v) is 5.13. The molecule has 2 aromatic heterocycles. The molecule has 1 fully saturated rings. The van der Waals surface area contributed by atoms with Crippen LogP contribution in [0.25, 0.3) is 0 Å². The van der Waals surface area contributed by atoms with Gasteiger partial charge in [0.25, 0.3) is 5.91 Å². The van der Waals surface area contributed by atoms with E-state index in [0.29, 0.717) is 18.0 Å². The van der Waals surface area contributed by atoms with Gasteiger partial charge in [0.05, 0.1) is 10.6 Å². The fourth-order valence-corrected chi connectivity index (χ4v) is 3.49. The Morgan fingerprint density at radius 3 is 2.64 bits per heavy atom. The summed E-state index contributed by atoms with van der Waals surface area (Å²) in [6.45, 7) is 5.51. The molecule has 2 aromatic rings. The minimum Gasteiger partial charge on any atom is -0.340 e. The predicted molar refractivity (Wildman–Crippen MR) is 97.3 cm³/mol. The van der Waals surface area contributed by atoms with E-state index in [1.807, 2.05) is 34.5 Å². The molecule has 1 saturated heterocycles. The number of thiophene rings is 1. The third kappa shape index (κ3) is 4.64. The van der Waals surface area contributed by atoms with Gasteiger partial charge in [-0.3, -0.25) is 19.5 Å². The molecule has 132 valence electrons. The molecule has 0 radical (unpaired) electrons. The van der Waals surface area contributed by atoms with Crippen LogP contribution in [0.5, 0.6) is 0 Å². The van der Waals surface area contributed by atoms with Gasteiger partial charge in [0.2, 0.25) is 5.91 Å². The summed E-state index contributed by atoms with van der Waals surface area (Å²) in [7, 11) is 0. The summed E-state index contributed by atoms with van der Waals surface area (Å²) in [5.74, 6) is -0.216. The number of rotatable bonds is 5. The van der Waals surface area contributed by atoms with Gasteiger partial charge in [0, 0.05) is 38.9 Å². The van der Waals surface area contributed by atoms with Crippen LogP contribution in [0.4, 0.5) is 0 Å². The SMILES string of the molecule is CC(NC(=O)c1cccs1)C(=O)N1CCN(Cc2ccccn2)CC1. The number of piperazine rings is 1. The minimum atomic E-state index is -0.517. The summed E-state index contributed by atoms with van der Waals surface area (Å²) >= 11 is 1.37. The van der Waals surface area contributed by atoms with Gasteiger partial charge < -0.3 is 10.2 Å². The van der Waals surface area contributed by atoms with Crippen molar-refractivity contribution in [3.05, 3.63) is 52.5 Å². The number of nitrogens with zero attached hydrogens (tertiary/aromatic N) is 3. The van der Waals surface area contributed by atoms with Crippen molar-refractivity contribution in [2.45, 2.75) is 19.5 Å². The summed E-state index contributed by atoms with van der Waals surface area (Å²) in [5, 5.41) is 4.64. The Bertz CT molecular complexity index is 697. The van der Waals surface area contributed by atoms with Crippen molar-refractivity contribution in [1.82, 2.24) is 20.1 Å². The van der Waals surface area contributed by atoms with Crippen molar-refractivity contribution in [1.29, 1.82) is 0 Å². The second-order valence-corrected chi connectivity index (χ2v) is 7.04. The van der Waals surface area contributed by atoms with E-state index in [4.69, 9.17) is 0 Å². The van der Waals surface area contributed by atoms with Crippen LogP contribution in [0.15, 0.2) is 41.9 Å². The molecule has 0 saturated carbocycles. The maximum atomic E-state index is 12.6. The lowest BCUT2D eigenvalue weighted by Crippen LogP contribution is -2.53. The van der Waals surface area contributed by atoms with Crippen molar-refractivity contribution in [2.75, 3.05) is 26.2 Å². The van der Waals surface area contributed by atoms with Crippen LogP contribution < -0.4 is 5.32 Å². The number of pyridine rings is 1. The van der Waals surface area contributed by atoms with Gasteiger partial charge in [-0.25, -0.2) is 0 Å². The number of nitrogens with one attached hydrogen (secondary N) is 1. The van der Waals surface area contributed by atoms with Crippen molar-refractivity contribution < 1.29 is 9.59 Å². The maximum Gasteiger partial charge on any atom is 0.261 e. The van der Waals surface area contributed by atoms with Crippen LogP contribution in [0.2, 0.25) is 0 Å². The van der Waals surface area contributed by atoms with Crippen LogP contribution in [0.3, 0.4) is 0 Å². The molecule has 0 spiro atoms. The molecule has 7 heteroatoms. The number of carbonyl (C=O) groups excluding carboxylic acids is 2. The zero-order valence-electron chi connectivity index (χ0n) is 14.2. The Hall–Kier alpha value is -2.25. The molecule has 0 aliphatic carbocycles. The Morgan fingerprint density at radius 2 is 2.00 bits per heavy atom. The van der Waals surface area contributed by atoms with Gasteiger partial charge >= 0.3 is 0 Å². The minimum absolute atomic E-state index is 0.0256. The molecule has 1 atom stereocenters. The highest BCUT2D eigenvalue weighted by molar-refractivity contribution is 7.12. The first-order valence-electron chi connectivity index (χ1n) is 8.39. The first-order valence-corrected chi connectivity index (χ1v) is 9.27. The van der Waals surface area contributed by atoms with Gasteiger partial charge in [0.1, 0.15) is 6.04 Å². The van der Waals surface area contributed by atoms with Gasteiger partial charge in [-0.05, 0) is 30.5 Å². The van der Waals surface area contributed by atoms with E-state index in [9.17, 15) is 9.59 Å². The number of hydrogen-bond donors (Lipinski definition) is 1. The summed E-state index contributed by atoms with van der Waals surface area (Å²) in [6.07, 6.45) is 1.80. The lowest BCUT2D eigenvalue weighted by atomic mass is 10.2. The second kappa shape index (κ2) is 8.22. The van der Waals surface area contributed by atoms with E-state index in [1.165, 1.54) is 11.3 Å². The van der Waals surface area contributed by atoms with Crippen LogP contribution in [-0.2, 0) is 11.3 Å². The smallest absolute Gasteiger partial charge is 0.261 e. The van der Waals surface area contributed by atoms with Crippen molar-refractivity contribution in [3.8, 4) is 0 Å². The first kappa shape index (κ1) is 17.6. The van der Waals surface area contributed by atoms with Crippen molar-refractivity contribution in [2.24, 2.45) is 0 Å². The Morgan fingerprint density at radius 1 is 1.20 bits per heavy atom. The van der Waals surface area contributed by atoms with Crippen molar-refractivity contribution >= 4 is 23.2 Å². The first-order chi connectivity index (χ1) is 12.1. The van der Waals surface area contributed by atoms with Crippen LogP contribution >= 0.6 is 11.3 Å². The van der Waals surface area contributed by atoms with Gasteiger partial charge in [-0.15, -0.1) is 11.3 Å². The Kier molecular flexibility index (Phi) is 5.78. The van der Waals surface area contributed by atoms with E-state index in [0.717, 1.165) is 25.3 Å². The second-order valence-electron chi connectivity index (χ2n) is 6.09. The van der Waals surface area contributed by atoms with E-state index in [-0.39, 0.29) is 11.8 Å². The summed E-state index contributed by atoms with van der Waals surface area (Å²) in [6, 6.07) is 8.98. The largest absolute Gasteiger partial charge is 0.340 e. The summed E-state index contributed by atoms with van der Waals surface area (Å²) < 4.78 is 0. The van der Waals surface area contributed by atoms with E-state index in [1.54, 1.807) is 19.2 Å². The zero-order valence-corrected chi connectivity index (χ0v) is 15.0. The molecule has 6 nitrogen and oxygen atoms in total. The van der Waals surface area contributed by atoms with Crippen LogP contribution in [0.1, 0.15) is 22.3 Å². The van der Waals surface area contributed by atoms with E-state index >= 15 is 0 Å². The van der Waals surface area contributed by atoms with E-state index in [2.05, 4.69) is 15.2 Å². The fourth-order valence-electron chi connectivity index (χ4n) is 2.86.